The normalized spacial score (nSPS) is 11.5. The van der Waals surface area contributed by atoms with Crippen LogP contribution >= 0.6 is 14.8 Å². The van der Waals surface area contributed by atoms with Gasteiger partial charge in [0.15, 0.2) is 13.1 Å². The Morgan fingerprint density at radius 1 is 0.396 bits per heavy atom. The highest BCUT2D eigenvalue weighted by molar-refractivity contribution is 8.01. The van der Waals surface area contributed by atoms with Gasteiger partial charge < -0.3 is 0 Å². The van der Waals surface area contributed by atoms with Crippen LogP contribution in [0.4, 0.5) is 0 Å². The van der Waals surface area contributed by atoms with Gasteiger partial charge in [0.1, 0.15) is 31.8 Å². The van der Waals surface area contributed by atoms with Crippen molar-refractivity contribution in [1.29, 1.82) is 0 Å². The Hall–Kier alpha value is -6.05. The third-order valence-corrected chi connectivity index (χ3v) is 16.8. The highest BCUT2D eigenvalue weighted by atomic mass is 31.2. The molecule has 0 saturated heterocycles. The van der Waals surface area contributed by atoms with Gasteiger partial charge in [-0.3, -0.25) is 4.52 Å². The molecule has 8 rings (SSSR count). The summed E-state index contributed by atoms with van der Waals surface area (Å²) in [7, 11) is -5.56. The number of aromatic nitrogens is 3. The second kappa shape index (κ2) is 15.3. The molecule has 0 atom stereocenters. The van der Waals surface area contributed by atoms with Gasteiger partial charge in [-0.05, 0) is 78.4 Å². The molecule has 1 heterocycles. The van der Waals surface area contributed by atoms with E-state index in [9.17, 15) is 0 Å². The zero-order chi connectivity index (χ0) is 35.9. The number of nitrogens with zero attached hydrogens (tertiary/aromatic N) is 3. The molecular weight excluding hydrogens is 684 g/mol. The molecule has 0 aliphatic heterocycles. The lowest BCUT2D eigenvalue weighted by Crippen LogP contribution is -2.42. The van der Waals surface area contributed by atoms with Gasteiger partial charge in [0.2, 0.25) is 0 Å². The van der Waals surface area contributed by atoms with E-state index in [1.807, 2.05) is 48.5 Å². The molecule has 0 spiro atoms. The first-order valence-electron chi connectivity index (χ1n) is 17.5. The molecule has 0 N–H and O–H groups in total. The fraction of sp³-hybridized carbons (Fsp3) is 0. The van der Waals surface area contributed by atoms with Crippen LogP contribution in [0, 0.1) is 0 Å². The molecule has 0 radical (unpaired) electrons. The minimum atomic E-state index is -2.84. The van der Waals surface area contributed by atoms with E-state index in [1.165, 1.54) is 0 Å². The molecule has 7 aromatic carbocycles. The van der Waals surface area contributed by atoms with Crippen molar-refractivity contribution in [2.45, 2.75) is 0 Å². The molecule has 0 aliphatic carbocycles. The van der Waals surface area contributed by atoms with Crippen LogP contribution in [0.15, 0.2) is 213 Å². The van der Waals surface area contributed by atoms with Crippen LogP contribution in [0.25, 0.3) is 17.5 Å². The molecule has 0 aliphatic rings. The first-order chi connectivity index (χ1) is 26.2. The van der Waals surface area contributed by atoms with E-state index in [0.29, 0.717) is 11.4 Å². The smallest absolute Gasteiger partial charge is 0.293 e. The highest BCUT2D eigenvalue weighted by Gasteiger charge is 2.54. The van der Waals surface area contributed by atoms with Gasteiger partial charge >= 0.3 is 6.01 Å². The lowest BCUT2D eigenvalue weighted by atomic mass is 10.1. The number of benzene rings is 7. The Labute approximate surface area is 312 Å². The van der Waals surface area contributed by atoms with Crippen LogP contribution in [-0.4, -0.2) is 15.0 Å². The second-order valence-corrected chi connectivity index (χ2v) is 18.7. The summed E-state index contributed by atoms with van der Waals surface area (Å²) in [5.41, 5.74) is 2.54. The van der Waals surface area contributed by atoms with Crippen LogP contribution < -0.4 is 41.9 Å². The predicted octanol–water partition coefficient (Wildman–Crippen LogP) is 8.09. The van der Waals surface area contributed by atoms with Crippen molar-refractivity contribution >= 4 is 58.2 Å². The van der Waals surface area contributed by atoms with Crippen molar-refractivity contribution in [2.24, 2.45) is 0 Å². The number of rotatable bonds is 11. The van der Waals surface area contributed by atoms with Gasteiger partial charge in [0, 0.05) is 5.56 Å². The molecule has 0 unspecified atom stereocenters. The van der Waals surface area contributed by atoms with Crippen molar-refractivity contribution in [3.05, 3.63) is 218 Å². The SMILES string of the molecule is C=Cc1ccc(-c2nc(O[P+](c3ccccc3)(c3ccccc3)c3ccccc3)nc([P+](c3ccccc3)(c3ccccc3)c3ccccc3)n2)cc1. The maximum atomic E-state index is 7.56. The fourth-order valence-electron chi connectivity index (χ4n) is 6.82. The van der Waals surface area contributed by atoms with Gasteiger partial charge in [-0.1, -0.05) is 146 Å². The van der Waals surface area contributed by atoms with E-state index in [4.69, 9.17) is 19.5 Å². The number of hydrogen-bond donors (Lipinski definition) is 0. The summed E-state index contributed by atoms with van der Waals surface area (Å²) in [5.74, 6) is 0.542. The molecule has 8 aromatic rings. The summed E-state index contributed by atoms with van der Waals surface area (Å²) >= 11 is 0. The van der Waals surface area contributed by atoms with Gasteiger partial charge in [-0.15, -0.1) is 4.98 Å². The van der Waals surface area contributed by atoms with Crippen LogP contribution in [-0.2, 0) is 0 Å². The Morgan fingerprint density at radius 3 is 1.11 bits per heavy atom. The van der Waals surface area contributed by atoms with Crippen molar-refractivity contribution in [1.82, 2.24) is 15.0 Å². The summed E-state index contributed by atoms with van der Waals surface area (Å²) in [6.07, 6.45) is 1.84. The average Bonchev–Trinajstić information content (AvgIpc) is 3.25. The lowest BCUT2D eigenvalue weighted by molar-refractivity contribution is 0.562. The van der Waals surface area contributed by atoms with Gasteiger partial charge in [-0.25, -0.2) is 0 Å². The molecular formula is C47H37N3OP2+2. The minimum absolute atomic E-state index is 0.273. The van der Waals surface area contributed by atoms with Crippen molar-refractivity contribution < 1.29 is 4.52 Å². The fourth-order valence-corrected chi connectivity index (χ4v) is 14.1. The molecule has 6 heteroatoms. The first kappa shape index (κ1) is 34.1. The van der Waals surface area contributed by atoms with Crippen molar-refractivity contribution in [3.63, 3.8) is 0 Å². The topological polar surface area (TPSA) is 47.9 Å². The molecule has 53 heavy (non-hydrogen) atoms. The van der Waals surface area contributed by atoms with Crippen LogP contribution in [0.2, 0.25) is 0 Å². The van der Waals surface area contributed by atoms with Gasteiger partial charge in [-0.2, -0.15) is 9.97 Å². The predicted molar refractivity (Wildman–Crippen MR) is 226 cm³/mol. The maximum absolute atomic E-state index is 7.56. The minimum Gasteiger partial charge on any atom is -0.293 e. The van der Waals surface area contributed by atoms with Crippen molar-refractivity contribution in [3.8, 4) is 17.4 Å². The zero-order valence-corrected chi connectivity index (χ0v) is 30.8. The van der Waals surface area contributed by atoms with E-state index in [1.54, 1.807) is 0 Å². The molecule has 0 bridgehead atoms. The standard InChI is InChI=1S/C47H37N3OP2/c1-2-37-33-35-38(36-34-37)45-48-46(51-53(42-27-15-6-16-28-42,43-29-17-7-18-30-43)44-31-19-8-20-32-44)50-47(49-45)52(39-21-9-3-10-22-39,40-23-11-4-12-24-40)41-25-13-5-14-26-41/h2-36H,1H2/q+2. The molecule has 0 saturated carbocycles. The Balaban J connectivity index is 1.47. The Kier molecular flexibility index (Phi) is 9.82. The van der Waals surface area contributed by atoms with Crippen molar-refractivity contribution in [2.75, 3.05) is 0 Å². The largest absolute Gasteiger partial charge is 0.370 e. The van der Waals surface area contributed by atoms with E-state index in [2.05, 4.69) is 170 Å². The molecule has 1 aromatic heterocycles. The lowest BCUT2D eigenvalue weighted by Gasteiger charge is -2.27. The average molecular weight is 722 g/mol. The summed E-state index contributed by atoms with van der Waals surface area (Å²) in [5, 5.41) is 6.60. The van der Waals surface area contributed by atoms with Crippen LogP contribution in [0.5, 0.6) is 6.01 Å². The quantitative estimate of drug-likeness (QED) is 0.127. The van der Waals surface area contributed by atoms with E-state index >= 15 is 0 Å². The van der Waals surface area contributed by atoms with Gasteiger partial charge in [0.05, 0.1) is 0 Å². The Bertz CT molecular complexity index is 2220. The first-order valence-corrected chi connectivity index (χ1v) is 21.0. The molecule has 4 nitrogen and oxygen atoms in total. The summed E-state index contributed by atoms with van der Waals surface area (Å²) in [6, 6.07) is 71.9. The molecule has 0 fully saturated rings. The zero-order valence-electron chi connectivity index (χ0n) is 29.1. The maximum Gasteiger partial charge on any atom is 0.370 e. The molecule has 254 valence electrons. The van der Waals surface area contributed by atoms with Crippen LogP contribution in [0.1, 0.15) is 5.56 Å². The second-order valence-electron chi connectivity index (χ2n) is 12.5. The van der Waals surface area contributed by atoms with E-state index < -0.39 is 14.8 Å². The number of hydrogen-bond acceptors (Lipinski definition) is 4. The Morgan fingerprint density at radius 2 is 0.755 bits per heavy atom. The third kappa shape index (κ3) is 6.49. The van der Waals surface area contributed by atoms with Crippen LogP contribution in [0.3, 0.4) is 0 Å². The summed E-state index contributed by atoms with van der Waals surface area (Å²) < 4.78 is 7.56. The highest BCUT2D eigenvalue weighted by Crippen LogP contribution is 2.57. The molecule has 0 amide bonds. The monoisotopic (exact) mass is 721 g/mol. The third-order valence-electron chi connectivity index (χ3n) is 9.32. The van der Waals surface area contributed by atoms with E-state index in [-0.39, 0.29) is 6.01 Å². The van der Waals surface area contributed by atoms with E-state index in [0.717, 1.165) is 43.0 Å². The van der Waals surface area contributed by atoms with Gasteiger partial charge in [0.25, 0.3) is 13.1 Å². The summed E-state index contributed by atoms with van der Waals surface area (Å²) in [6.45, 7) is 3.97. The summed E-state index contributed by atoms with van der Waals surface area (Å²) in [4.78, 5) is 16.1.